The molecule has 30 heavy (non-hydrogen) atoms. The number of anilines is 1. The van der Waals surface area contributed by atoms with Crippen LogP contribution in [-0.4, -0.2) is 31.7 Å². The van der Waals surface area contributed by atoms with E-state index >= 15 is 0 Å². The zero-order valence-corrected chi connectivity index (χ0v) is 17.7. The van der Waals surface area contributed by atoms with Crippen molar-refractivity contribution in [2.45, 2.75) is 23.9 Å². The van der Waals surface area contributed by atoms with Gasteiger partial charge in [0.25, 0.3) is 0 Å². The predicted molar refractivity (Wildman–Crippen MR) is 108 cm³/mol. The molecule has 1 N–H and O–H groups in total. The second-order valence-electron chi connectivity index (χ2n) is 6.82. The summed E-state index contributed by atoms with van der Waals surface area (Å²) in [7, 11) is -4.15. The number of carbonyl (C=O) groups excluding carboxylic acids is 1. The summed E-state index contributed by atoms with van der Waals surface area (Å²) in [6.07, 6.45) is -4.29. The molecule has 0 aliphatic carbocycles. The van der Waals surface area contributed by atoms with Gasteiger partial charge in [-0.2, -0.15) is 17.5 Å². The first-order valence-electron chi connectivity index (χ1n) is 8.92. The molecule has 1 aliphatic rings. The molecule has 0 saturated carbocycles. The third-order valence-corrected chi connectivity index (χ3v) is 7.26. The average Bonchev–Trinajstić information content (AvgIpc) is 2.67. The average molecular weight is 481 g/mol. The van der Waals surface area contributed by atoms with E-state index in [1.54, 1.807) is 24.3 Å². The van der Waals surface area contributed by atoms with Crippen molar-refractivity contribution in [3.8, 4) is 0 Å². The van der Waals surface area contributed by atoms with E-state index in [1.807, 2.05) is 0 Å². The Morgan fingerprint density at radius 1 is 1.07 bits per heavy atom. The minimum absolute atomic E-state index is 0.0138. The van der Waals surface area contributed by atoms with E-state index in [9.17, 15) is 26.4 Å². The van der Waals surface area contributed by atoms with Crippen LogP contribution in [0.15, 0.2) is 47.4 Å². The van der Waals surface area contributed by atoms with Gasteiger partial charge in [0.1, 0.15) is 0 Å². The highest BCUT2D eigenvalue weighted by Crippen LogP contribution is 2.37. The Morgan fingerprint density at radius 2 is 1.73 bits per heavy atom. The zero-order chi connectivity index (χ0) is 22.1. The van der Waals surface area contributed by atoms with E-state index < -0.39 is 37.6 Å². The van der Waals surface area contributed by atoms with Gasteiger partial charge in [-0.15, -0.1) is 0 Å². The van der Waals surface area contributed by atoms with Crippen LogP contribution < -0.4 is 5.32 Å². The summed E-state index contributed by atoms with van der Waals surface area (Å²) < 4.78 is 65.8. The number of halogens is 5. The molecule has 1 saturated heterocycles. The first-order valence-corrected chi connectivity index (χ1v) is 11.1. The van der Waals surface area contributed by atoms with E-state index in [0.717, 1.165) is 16.4 Å². The summed E-state index contributed by atoms with van der Waals surface area (Å²) in [5, 5.41) is 2.63. The second-order valence-corrected chi connectivity index (χ2v) is 9.60. The highest BCUT2D eigenvalue weighted by molar-refractivity contribution is 7.89. The fourth-order valence-electron chi connectivity index (χ4n) is 3.20. The first kappa shape index (κ1) is 22.9. The van der Waals surface area contributed by atoms with Gasteiger partial charge in [-0.05, 0) is 49.2 Å². The molecule has 162 valence electrons. The quantitative estimate of drug-likeness (QED) is 0.665. The van der Waals surface area contributed by atoms with Gasteiger partial charge in [0, 0.05) is 29.7 Å². The Labute approximate surface area is 181 Å². The Hall–Kier alpha value is -1.81. The van der Waals surface area contributed by atoms with Gasteiger partial charge in [0.05, 0.1) is 15.5 Å². The lowest BCUT2D eigenvalue weighted by Gasteiger charge is -2.30. The molecule has 0 atom stereocenters. The molecule has 5 nitrogen and oxygen atoms in total. The van der Waals surface area contributed by atoms with E-state index in [4.69, 9.17) is 23.2 Å². The lowest BCUT2D eigenvalue weighted by Crippen LogP contribution is -2.41. The number of piperidine rings is 1. The predicted octanol–water partition coefficient (Wildman–Crippen LogP) is 5.05. The second kappa shape index (κ2) is 8.74. The van der Waals surface area contributed by atoms with Crippen LogP contribution in [0.3, 0.4) is 0 Å². The largest absolute Gasteiger partial charge is 0.417 e. The smallest absolute Gasteiger partial charge is 0.326 e. The minimum Gasteiger partial charge on any atom is -0.326 e. The number of benzene rings is 2. The molecule has 0 aromatic heterocycles. The van der Waals surface area contributed by atoms with Crippen molar-refractivity contribution in [3.63, 3.8) is 0 Å². The number of hydrogen-bond acceptors (Lipinski definition) is 3. The first-order chi connectivity index (χ1) is 14.0. The van der Waals surface area contributed by atoms with E-state index in [0.29, 0.717) is 16.8 Å². The van der Waals surface area contributed by atoms with E-state index in [2.05, 4.69) is 5.32 Å². The number of sulfonamides is 1. The lowest BCUT2D eigenvalue weighted by molar-refractivity contribution is -0.137. The van der Waals surface area contributed by atoms with Crippen LogP contribution in [0, 0.1) is 5.92 Å². The Kier molecular flexibility index (Phi) is 6.66. The van der Waals surface area contributed by atoms with Gasteiger partial charge in [-0.3, -0.25) is 4.79 Å². The van der Waals surface area contributed by atoms with Crippen molar-refractivity contribution < 1.29 is 26.4 Å². The Balaban J connectivity index is 1.69. The number of nitrogens with one attached hydrogen (secondary N) is 1. The summed E-state index contributed by atoms with van der Waals surface area (Å²) in [6, 6.07) is 9.14. The number of hydrogen-bond donors (Lipinski definition) is 1. The number of carbonyl (C=O) groups is 1. The Morgan fingerprint density at radius 3 is 2.33 bits per heavy atom. The van der Waals surface area contributed by atoms with Crippen LogP contribution in [-0.2, 0) is 21.0 Å². The monoisotopic (exact) mass is 480 g/mol. The topological polar surface area (TPSA) is 66.5 Å². The number of nitrogens with zero attached hydrogens (tertiary/aromatic N) is 1. The molecule has 0 bridgehead atoms. The van der Waals surface area contributed by atoms with Crippen molar-refractivity contribution in [1.29, 1.82) is 0 Å². The number of rotatable bonds is 4. The van der Waals surface area contributed by atoms with Crippen LogP contribution in [0.2, 0.25) is 10.0 Å². The van der Waals surface area contributed by atoms with Crippen molar-refractivity contribution in [3.05, 3.63) is 58.1 Å². The van der Waals surface area contributed by atoms with Crippen molar-refractivity contribution in [1.82, 2.24) is 4.31 Å². The normalized spacial score (nSPS) is 16.4. The van der Waals surface area contributed by atoms with Gasteiger partial charge >= 0.3 is 6.18 Å². The third kappa shape index (κ3) is 5.08. The van der Waals surface area contributed by atoms with Gasteiger partial charge < -0.3 is 5.32 Å². The number of amides is 1. The summed E-state index contributed by atoms with van der Waals surface area (Å²) in [4.78, 5) is 12.0. The van der Waals surface area contributed by atoms with Gasteiger partial charge in [-0.25, -0.2) is 8.42 Å². The molecule has 11 heteroatoms. The molecule has 1 aliphatic heterocycles. The standard InChI is InChI=1S/C19H17Cl2F3N2O3S/c20-13-2-1-3-14(10-13)25-18(27)12-6-8-26(9-7-12)30(28,29)15-4-5-17(21)16(11-15)19(22,23)24/h1-5,10-12H,6-9H2,(H,25,27). The summed E-state index contributed by atoms with van der Waals surface area (Å²) in [5.41, 5.74) is -0.676. The van der Waals surface area contributed by atoms with Crippen LogP contribution in [0.1, 0.15) is 18.4 Å². The highest BCUT2D eigenvalue weighted by Gasteiger charge is 2.37. The summed E-state index contributed by atoms with van der Waals surface area (Å²) in [5.74, 6) is -0.688. The van der Waals surface area contributed by atoms with E-state index in [-0.39, 0.29) is 31.8 Å². The molecular weight excluding hydrogens is 464 g/mol. The maximum Gasteiger partial charge on any atom is 0.417 e. The van der Waals surface area contributed by atoms with Crippen LogP contribution in [0.5, 0.6) is 0 Å². The molecule has 1 amide bonds. The molecule has 1 fully saturated rings. The van der Waals surface area contributed by atoms with Crippen molar-refractivity contribution >= 4 is 44.8 Å². The maximum atomic E-state index is 13.1. The molecule has 3 rings (SSSR count). The van der Waals surface area contributed by atoms with Crippen molar-refractivity contribution in [2.24, 2.45) is 5.92 Å². The van der Waals surface area contributed by atoms with Crippen LogP contribution in [0.25, 0.3) is 0 Å². The molecule has 0 radical (unpaired) electrons. The van der Waals surface area contributed by atoms with Gasteiger partial charge in [0.2, 0.25) is 15.9 Å². The van der Waals surface area contributed by atoms with E-state index in [1.165, 1.54) is 0 Å². The minimum atomic E-state index is -4.77. The van der Waals surface area contributed by atoms with Gasteiger partial charge in [-0.1, -0.05) is 29.3 Å². The SMILES string of the molecule is O=C(Nc1cccc(Cl)c1)C1CCN(S(=O)(=O)c2ccc(Cl)c(C(F)(F)F)c2)CC1. The van der Waals surface area contributed by atoms with Crippen LogP contribution >= 0.6 is 23.2 Å². The maximum absolute atomic E-state index is 13.1. The third-order valence-electron chi connectivity index (χ3n) is 4.80. The number of alkyl halides is 3. The Bertz CT molecular complexity index is 1050. The molecule has 2 aromatic rings. The summed E-state index contributed by atoms with van der Waals surface area (Å²) >= 11 is 11.5. The molecular formula is C19H17Cl2F3N2O3S. The molecule has 1 heterocycles. The highest BCUT2D eigenvalue weighted by atomic mass is 35.5. The summed E-state index contributed by atoms with van der Waals surface area (Å²) in [6.45, 7) is 0.0277. The molecule has 2 aromatic carbocycles. The molecule has 0 spiro atoms. The fraction of sp³-hybridized carbons (Fsp3) is 0.316. The van der Waals surface area contributed by atoms with Crippen molar-refractivity contribution in [2.75, 3.05) is 18.4 Å². The van der Waals surface area contributed by atoms with Gasteiger partial charge in [0.15, 0.2) is 0 Å². The van der Waals surface area contributed by atoms with Crippen LogP contribution in [0.4, 0.5) is 18.9 Å². The zero-order valence-electron chi connectivity index (χ0n) is 15.4. The lowest BCUT2D eigenvalue weighted by atomic mass is 9.97. The fourth-order valence-corrected chi connectivity index (χ4v) is 5.11. The molecule has 0 unspecified atom stereocenters.